The maximum atomic E-state index is 12.2. The number of hydrogen-bond acceptors (Lipinski definition) is 4. The molecule has 1 N–H and O–H groups in total. The highest BCUT2D eigenvalue weighted by Gasteiger charge is 2.24. The summed E-state index contributed by atoms with van der Waals surface area (Å²) in [6.45, 7) is 0. The van der Waals surface area contributed by atoms with E-state index in [9.17, 15) is 9.59 Å². The Balaban J connectivity index is 2.25. The maximum absolute atomic E-state index is 12.2. The number of alkyl carbamates (subject to hydrolysis) is 1. The number of amides is 2. The van der Waals surface area contributed by atoms with Gasteiger partial charge in [0.05, 0.1) is 7.11 Å². The van der Waals surface area contributed by atoms with Crippen LogP contribution in [0.4, 0.5) is 4.79 Å². The Morgan fingerprint density at radius 3 is 2.61 bits per heavy atom. The van der Waals surface area contributed by atoms with E-state index in [2.05, 4.69) is 10.1 Å². The first-order valence-electron chi connectivity index (χ1n) is 7.04. The summed E-state index contributed by atoms with van der Waals surface area (Å²) in [4.78, 5) is 24.6. The van der Waals surface area contributed by atoms with Gasteiger partial charge in [-0.1, -0.05) is 42.5 Å². The molecule has 2 aromatic rings. The third-order valence-corrected chi connectivity index (χ3v) is 3.51. The lowest BCUT2D eigenvalue weighted by Gasteiger charge is -2.19. The van der Waals surface area contributed by atoms with Gasteiger partial charge in [0.25, 0.3) is 5.91 Å². The average Bonchev–Trinajstić information content (AvgIpc) is 2.59. The van der Waals surface area contributed by atoms with Crippen molar-refractivity contribution in [3.8, 4) is 6.19 Å². The minimum absolute atomic E-state index is 0.269. The fraction of sp³-hybridized carbons (Fsp3) is 0.235. The van der Waals surface area contributed by atoms with Crippen LogP contribution in [0.2, 0.25) is 0 Å². The van der Waals surface area contributed by atoms with Crippen molar-refractivity contribution in [1.29, 1.82) is 5.26 Å². The Bertz CT molecular complexity index is 767. The number of carbonyl (C=O) groups is 2. The van der Waals surface area contributed by atoms with Crippen molar-refractivity contribution in [2.24, 2.45) is 0 Å². The normalized spacial score (nSPS) is 11.3. The lowest BCUT2D eigenvalue weighted by molar-refractivity contribution is -0.129. The fourth-order valence-electron chi connectivity index (χ4n) is 2.29. The molecule has 0 aliphatic rings. The van der Waals surface area contributed by atoms with E-state index in [1.807, 2.05) is 42.5 Å². The highest BCUT2D eigenvalue weighted by atomic mass is 16.5. The summed E-state index contributed by atoms with van der Waals surface area (Å²) in [5.41, 5.74) is 0.879. The van der Waals surface area contributed by atoms with Crippen molar-refractivity contribution in [3.05, 3.63) is 48.0 Å². The molecule has 0 spiro atoms. The van der Waals surface area contributed by atoms with Crippen LogP contribution < -0.4 is 5.32 Å². The molecule has 118 valence electrons. The number of ether oxygens (including phenoxy) is 1. The Morgan fingerprint density at radius 2 is 1.96 bits per heavy atom. The molecule has 0 radical (unpaired) electrons. The second kappa shape index (κ2) is 7.27. The summed E-state index contributed by atoms with van der Waals surface area (Å²) in [6, 6.07) is 12.8. The van der Waals surface area contributed by atoms with Crippen molar-refractivity contribution in [3.63, 3.8) is 0 Å². The minimum Gasteiger partial charge on any atom is -0.453 e. The third kappa shape index (κ3) is 3.98. The molecule has 0 saturated heterocycles. The van der Waals surface area contributed by atoms with Gasteiger partial charge in [0.1, 0.15) is 6.04 Å². The number of hydrogen-bond donors (Lipinski definition) is 1. The monoisotopic (exact) mass is 311 g/mol. The molecule has 1 unspecified atom stereocenters. The van der Waals surface area contributed by atoms with Gasteiger partial charge in [-0.05, 0) is 16.3 Å². The molecule has 0 bridgehead atoms. The lowest BCUT2D eigenvalue weighted by Crippen LogP contribution is -2.47. The van der Waals surface area contributed by atoms with E-state index >= 15 is 0 Å². The van der Waals surface area contributed by atoms with Crippen LogP contribution in [-0.4, -0.2) is 37.1 Å². The standard InChI is InChI=1S/C17H17N3O3/c1-20(11-18)16(21)15(19-17(22)23-2)10-12-7-8-13-5-3-4-6-14(13)9-12/h3-9,15H,10H2,1-2H3,(H,19,22). The molecular weight excluding hydrogens is 294 g/mol. The molecule has 0 fully saturated rings. The van der Waals surface area contributed by atoms with Gasteiger partial charge < -0.3 is 10.1 Å². The van der Waals surface area contributed by atoms with Gasteiger partial charge in [-0.25, -0.2) is 4.79 Å². The van der Waals surface area contributed by atoms with Crippen molar-refractivity contribution in [2.75, 3.05) is 14.2 Å². The van der Waals surface area contributed by atoms with Gasteiger partial charge in [-0.2, -0.15) is 5.26 Å². The predicted molar refractivity (Wildman–Crippen MR) is 85.4 cm³/mol. The van der Waals surface area contributed by atoms with Gasteiger partial charge in [0.2, 0.25) is 0 Å². The quantitative estimate of drug-likeness (QED) is 0.692. The summed E-state index contributed by atoms with van der Waals surface area (Å²) in [7, 11) is 2.58. The molecule has 2 amide bonds. The SMILES string of the molecule is COC(=O)NC(Cc1ccc2ccccc2c1)C(=O)N(C)C#N. The number of rotatable bonds is 4. The first-order chi connectivity index (χ1) is 11.0. The smallest absolute Gasteiger partial charge is 0.407 e. The highest BCUT2D eigenvalue weighted by Crippen LogP contribution is 2.17. The summed E-state index contributed by atoms with van der Waals surface area (Å²) in [5.74, 6) is -0.494. The lowest BCUT2D eigenvalue weighted by atomic mass is 10.0. The van der Waals surface area contributed by atoms with E-state index in [4.69, 9.17) is 5.26 Å². The third-order valence-electron chi connectivity index (χ3n) is 3.51. The molecular formula is C17H17N3O3. The number of benzene rings is 2. The predicted octanol–water partition coefficient (Wildman–Crippen LogP) is 2.05. The van der Waals surface area contributed by atoms with Crippen LogP contribution in [0.25, 0.3) is 10.8 Å². The zero-order valence-corrected chi connectivity index (χ0v) is 12.9. The topological polar surface area (TPSA) is 82.4 Å². The van der Waals surface area contributed by atoms with Crippen molar-refractivity contribution < 1.29 is 14.3 Å². The van der Waals surface area contributed by atoms with Crippen molar-refractivity contribution in [1.82, 2.24) is 10.2 Å². The zero-order valence-electron chi connectivity index (χ0n) is 12.9. The molecule has 6 nitrogen and oxygen atoms in total. The number of methoxy groups -OCH3 is 1. The molecule has 2 rings (SSSR count). The van der Waals surface area contributed by atoms with Crippen LogP contribution in [0.1, 0.15) is 5.56 Å². The summed E-state index contributed by atoms with van der Waals surface area (Å²) in [5, 5.41) is 13.5. The van der Waals surface area contributed by atoms with Crippen LogP contribution >= 0.6 is 0 Å². The van der Waals surface area contributed by atoms with Gasteiger partial charge in [0.15, 0.2) is 6.19 Å². The molecule has 0 aliphatic carbocycles. The van der Waals surface area contributed by atoms with Crippen molar-refractivity contribution >= 4 is 22.8 Å². The number of nitrogens with zero attached hydrogens (tertiary/aromatic N) is 2. The molecule has 0 aromatic heterocycles. The number of fused-ring (bicyclic) bond motifs is 1. The van der Waals surface area contributed by atoms with Gasteiger partial charge in [-0.15, -0.1) is 0 Å². The van der Waals surface area contributed by atoms with E-state index in [1.165, 1.54) is 14.2 Å². The van der Waals surface area contributed by atoms with Crippen LogP contribution in [0.5, 0.6) is 0 Å². The molecule has 0 saturated carbocycles. The minimum atomic E-state index is -0.867. The number of likely N-dealkylation sites (N-methyl/N-ethyl adjacent to an activating group) is 1. The molecule has 0 heterocycles. The maximum Gasteiger partial charge on any atom is 0.407 e. The summed E-state index contributed by atoms with van der Waals surface area (Å²) >= 11 is 0. The van der Waals surface area contributed by atoms with Gasteiger partial charge in [-0.3, -0.25) is 9.69 Å². The summed E-state index contributed by atoms with van der Waals surface area (Å²) < 4.78 is 4.55. The number of nitriles is 1. The Labute approximate surface area is 134 Å². The largest absolute Gasteiger partial charge is 0.453 e. The van der Waals surface area contributed by atoms with E-state index in [0.29, 0.717) is 0 Å². The Morgan fingerprint density at radius 1 is 1.26 bits per heavy atom. The number of nitrogens with one attached hydrogen (secondary N) is 1. The summed E-state index contributed by atoms with van der Waals surface area (Å²) in [6.07, 6.45) is 1.30. The molecule has 23 heavy (non-hydrogen) atoms. The highest BCUT2D eigenvalue weighted by molar-refractivity contribution is 5.87. The van der Waals surface area contributed by atoms with Crippen molar-refractivity contribution in [2.45, 2.75) is 12.5 Å². The first-order valence-corrected chi connectivity index (χ1v) is 7.04. The van der Waals surface area contributed by atoms with Crippen LogP contribution in [0, 0.1) is 11.5 Å². The fourth-order valence-corrected chi connectivity index (χ4v) is 2.29. The van der Waals surface area contributed by atoms with E-state index < -0.39 is 18.0 Å². The molecule has 2 aromatic carbocycles. The van der Waals surface area contributed by atoms with Crippen LogP contribution in [-0.2, 0) is 16.0 Å². The first kappa shape index (κ1) is 16.3. The molecule has 0 aliphatic heterocycles. The second-order valence-electron chi connectivity index (χ2n) is 5.07. The average molecular weight is 311 g/mol. The second-order valence-corrected chi connectivity index (χ2v) is 5.07. The molecule has 6 heteroatoms. The van der Waals surface area contributed by atoms with E-state index in [-0.39, 0.29) is 6.42 Å². The number of carbonyl (C=O) groups excluding carboxylic acids is 2. The van der Waals surface area contributed by atoms with Crippen LogP contribution in [0.15, 0.2) is 42.5 Å². The molecule has 1 atom stereocenters. The van der Waals surface area contributed by atoms with Crippen LogP contribution in [0.3, 0.4) is 0 Å². The van der Waals surface area contributed by atoms with Gasteiger partial charge in [0, 0.05) is 13.5 Å². The zero-order chi connectivity index (χ0) is 16.8. The van der Waals surface area contributed by atoms with E-state index in [1.54, 1.807) is 6.19 Å². The Kier molecular flexibility index (Phi) is 5.15. The van der Waals surface area contributed by atoms with Gasteiger partial charge >= 0.3 is 6.09 Å². The van der Waals surface area contributed by atoms with E-state index in [0.717, 1.165) is 21.2 Å². The Hall–Kier alpha value is -3.07.